The smallest absolute Gasteiger partial charge is 0.336 e. The van der Waals surface area contributed by atoms with E-state index in [4.69, 9.17) is 9.47 Å². The molecule has 3 rings (SSSR count). The van der Waals surface area contributed by atoms with E-state index in [0.717, 1.165) is 12.8 Å². The number of cyclic esters (lactones) is 1. The van der Waals surface area contributed by atoms with Crippen molar-refractivity contribution >= 4 is 21.9 Å². The number of aliphatic hydroxyl groups excluding tert-OH is 1. The standard InChI is InChI=1S/C15H21BrO4/c1-14(2)11(16)4-5-15(3)12(14)9(17)6-8-10(20-15)7-19-13(8)18/h6,9-12,17H,4-5,7H2,1-3H3. The van der Waals surface area contributed by atoms with Gasteiger partial charge in [0, 0.05) is 10.7 Å². The maximum Gasteiger partial charge on any atom is 0.336 e. The summed E-state index contributed by atoms with van der Waals surface area (Å²) < 4.78 is 11.3. The van der Waals surface area contributed by atoms with E-state index in [2.05, 4.69) is 36.7 Å². The van der Waals surface area contributed by atoms with Gasteiger partial charge in [-0.2, -0.15) is 0 Å². The number of halogens is 1. The monoisotopic (exact) mass is 344 g/mol. The first kappa shape index (κ1) is 14.5. The molecule has 2 fully saturated rings. The second-order valence-corrected chi connectivity index (χ2v) is 8.04. The van der Waals surface area contributed by atoms with Crippen LogP contribution in [0.15, 0.2) is 11.6 Å². The Labute approximate surface area is 127 Å². The van der Waals surface area contributed by atoms with Gasteiger partial charge < -0.3 is 14.6 Å². The van der Waals surface area contributed by atoms with Gasteiger partial charge in [-0.15, -0.1) is 0 Å². The molecule has 2 aliphatic heterocycles. The topological polar surface area (TPSA) is 55.8 Å². The van der Waals surface area contributed by atoms with Crippen LogP contribution in [0.3, 0.4) is 0 Å². The Kier molecular flexibility index (Phi) is 3.31. The second kappa shape index (κ2) is 4.55. The zero-order valence-electron chi connectivity index (χ0n) is 12.1. The predicted molar refractivity (Wildman–Crippen MR) is 77.5 cm³/mol. The Bertz CT molecular complexity index is 472. The molecule has 0 spiro atoms. The van der Waals surface area contributed by atoms with Gasteiger partial charge in [0.2, 0.25) is 0 Å². The van der Waals surface area contributed by atoms with Crippen molar-refractivity contribution in [1.82, 2.24) is 0 Å². The SMILES string of the molecule is CC12CCC(Br)C(C)(C)C1C(O)C=C1C(=O)OCC1O2. The van der Waals surface area contributed by atoms with Crippen molar-refractivity contribution in [2.24, 2.45) is 11.3 Å². The van der Waals surface area contributed by atoms with Crippen molar-refractivity contribution in [1.29, 1.82) is 0 Å². The number of hydrogen-bond donors (Lipinski definition) is 1. The zero-order chi connectivity index (χ0) is 14.7. The van der Waals surface area contributed by atoms with E-state index in [1.54, 1.807) is 6.08 Å². The fourth-order valence-electron chi connectivity index (χ4n) is 4.19. The third-order valence-electron chi connectivity index (χ3n) is 5.21. The Morgan fingerprint density at radius 1 is 1.40 bits per heavy atom. The van der Waals surface area contributed by atoms with Crippen molar-refractivity contribution < 1.29 is 19.4 Å². The normalized spacial score (nSPS) is 46.9. The van der Waals surface area contributed by atoms with E-state index in [-0.39, 0.29) is 30.0 Å². The van der Waals surface area contributed by atoms with E-state index >= 15 is 0 Å². The molecule has 0 radical (unpaired) electrons. The summed E-state index contributed by atoms with van der Waals surface area (Å²) in [7, 11) is 0. The summed E-state index contributed by atoms with van der Waals surface area (Å²) in [5.41, 5.74) is -0.0779. The van der Waals surface area contributed by atoms with E-state index < -0.39 is 11.7 Å². The van der Waals surface area contributed by atoms with Gasteiger partial charge >= 0.3 is 5.97 Å². The lowest BCUT2D eigenvalue weighted by molar-refractivity contribution is -0.173. The zero-order valence-corrected chi connectivity index (χ0v) is 13.6. The van der Waals surface area contributed by atoms with Gasteiger partial charge in [0.25, 0.3) is 0 Å². The van der Waals surface area contributed by atoms with Crippen molar-refractivity contribution in [2.45, 2.75) is 56.2 Å². The first-order valence-electron chi connectivity index (χ1n) is 7.14. The third-order valence-corrected chi connectivity index (χ3v) is 6.85. The predicted octanol–water partition coefficient (Wildman–Crippen LogP) is 2.19. The van der Waals surface area contributed by atoms with Crippen molar-refractivity contribution in [2.75, 3.05) is 6.61 Å². The molecule has 5 atom stereocenters. The summed E-state index contributed by atoms with van der Waals surface area (Å²) in [5, 5.41) is 10.7. The van der Waals surface area contributed by atoms with Crippen LogP contribution in [0, 0.1) is 11.3 Å². The molecule has 5 heteroatoms. The van der Waals surface area contributed by atoms with E-state index in [1.165, 1.54) is 0 Å². The molecule has 1 saturated heterocycles. The number of aliphatic hydroxyl groups is 1. The molecule has 20 heavy (non-hydrogen) atoms. The van der Waals surface area contributed by atoms with E-state index in [1.807, 2.05) is 0 Å². The number of hydrogen-bond acceptors (Lipinski definition) is 4. The fourth-order valence-corrected chi connectivity index (χ4v) is 4.70. The van der Waals surface area contributed by atoms with Gasteiger partial charge in [-0.05, 0) is 31.3 Å². The molecule has 2 heterocycles. The summed E-state index contributed by atoms with van der Waals surface area (Å²) >= 11 is 3.74. The summed E-state index contributed by atoms with van der Waals surface area (Å²) in [5.74, 6) is -0.413. The molecular formula is C15H21BrO4. The summed E-state index contributed by atoms with van der Waals surface area (Å²) in [6.07, 6.45) is 2.47. The number of fused-ring (bicyclic) bond motifs is 2. The van der Waals surface area contributed by atoms with Crippen LogP contribution < -0.4 is 0 Å². The minimum Gasteiger partial charge on any atom is -0.459 e. The molecule has 0 aromatic carbocycles. The van der Waals surface area contributed by atoms with Gasteiger partial charge in [0.1, 0.15) is 12.7 Å². The number of carbonyl (C=O) groups excluding carboxylic acids is 1. The Morgan fingerprint density at radius 3 is 2.80 bits per heavy atom. The molecule has 0 aromatic rings. The average molecular weight is 345 g/mol. The van der Waals surface area contributed by atoms with Crippen LogP contribution in [-0.4, -0.2) is 40.3 Å². The molecule has 0 bridgehead atoms. The van der Waals surface area contributed by atoms with Crippen LogP contribution in [0.5, 0.6) is 0 Å². The van der Waals surface area contributed by atoms with E-state index in [0.29, 0.717) is 10.4 Å². The molecular weight excluding hydrogens is 324 g/mol. The highest BCUT2D eigenvalue weighted by atomic mass is 79.9. The molecule has 1 aliphatic carbocycles. The van der Waals surface area contributed by atoms with E-state index in [9.17, 15) is 9.90 Å². The minimum atomic E-state index is -0.694. The maximum absolute atomic E-state index is 11.8. The molecule has 4 nitrogen and oxygen atoms in total. The van der Waals surface area contributed by atoms with Gasteiger partial charge in [0.05, 0.1) is 17.3 Å². The summed E-state index contributed by atoms with van der Waals surface area (Å²) in [6.45, 7) is 6.62. The highest BCUT2D eigenvalue weighted by molar-refractivity contribution is 9.09. The van der Waals surface area contributed by atoms with Gasteiger partial charge in [-0.1, -0.05) is 29.8 Å². The quantitative estimate of drug-likeness (QED) is 0.540. The van der Waals surface area contributed by atoms with Crippen LogP contribution in [-0.2, 0) is 14.3 Å². The molecule has 1 saturated carbocycles. The highest BCUT2D eigenvalue weighted by Crippen LogP contribution is 2.54. The first-order chi connectivity index (χ1) is 9.25. The molecule has 1 N–H and O–H groups in total. The fraction of sp³-hybridized carbons (Fsp3) is 0.800. The van der Waals surface area contributed by atoms with Crippen LogP contribution in [0.25, 0.3) is 0 Å². The number of carbonyl (C=O) groups is 1. The maximum atomic E-state index is 11.8. The lowest BCUT2D eigenvalue weighted by atomic mass is 9.59. The van der Waals surface area contributed by atoms with Gasteiger partial charge in [0.15, 0.2) is 0 Å². The van der Waals surface area contributed by atoms with Crippen LogP contribution in [0.2, 0.25) is 0 Å². The molecule has 0 aromatic heterocycles. The Balaban J connectivity index is 2.05. The largest absolute Gasteiger partial charge is 0.459 e. The Morgan fingerprint density at radius 2 is 2.10 bits per heavy atom. The van der Waals surface area contributed by atoms with Crippen molar-refractivity contribution in [3.8, 4) is 0 Å². The van der Waals surface area contributed by atoms with Crippen molar-refractivity contribution in [3.05, 3.63) is 11.6 Å². The van der Waals surface area contributed by atoms with Gasteiger partial charge in [-0.3, -0.25) is 0 Å². The minimum absolute atomic E-state index is 0.0565. The van der Waals surface area contributed by atoms with Crippen LogP contribution >= 0.6 is 15.9 Å². The number of alkyl halides is 1. The lowest BCUT2D eigenvalue weighted by Gasteiger charge is -2.53. The van der Waals surface area contributed by atoms with Crippen LogP contribution in [0.4, 0.5) is 0 Å². The number of ether oxygens (including phenoxy) is 2. The summed E-state index contributed by atoms with van der Waals surface area (Å²) in [4.78, 5) is 12.1. The second-order valence-electron chi connectivity index (χ2n) is 6.94. The molecule has 0 amide bonds. The molecule has 3 aliphatic rings. The molecule has 112 valence electrons. The lowest BCUT2D eigenvalue weighted by Crippen LogP contribution is -2.57. The third kappa shape index (κ3) is 1.97. The highest BCUT2D eigenvalue weighted by Gasteiger charge is 2.57. The number of rotatable bonds is 0. The average Bonchev–Trinajstić information content (AvgIpc) is 2.60. The van der Waals surface area contributed by atoms with Crippen molar-refractivity contribution in [3.63, 3.8) is 0 Å². The van der Waals surface area contributed by atoms with Gasteiger partial charge in [-0.25, -0.2) is 4.79 Å². The summed E-state index contributed by atoms with van der Waals surface area (Å²) in [6, 6.07) is 0. The number of esters is 1. The van der Waals surface area contributed by atoms with Crippen LogP contribution in [0.1, 0.15) is 33.6 Å². The Hall–Kier alpha value is -0.390. The first-order valence-corrected chi connectivity index (χ1v) is 8.06. The molecule has 5 unspecified atom stereocenters.